The first kappa shape index (κ1) is 15.6. The molecule has 114 valence electrons. The Morgan fingerprint density at radius 2 is 1.73 bits per heavy atom. The molecule has 22 heavy (non-hydrogen) atoms. The van der Waals surface area contributed by atoms with Gasteiger partial charge in [-0.15, -0.1) is 0 Å². The molecule has 0 heterocycles. The first-order valence-corrected chi connectivity index (χ1v) is 6.86. The van der Waals surface area contributed by atoms with Gasteiger partial charge in [0.15, 0.2) is 0 Å². The predicted molar refractivity (Wildman–Crippen MR) is 81.6 cm³/mol. The topological polar surface area (TPSA) is 75.6 Å². The molecule has 0 bridgehead atoms. The lowest BCUT2D eigenvalue weighted by atomic mass is 10.1. The number of carboxylic acids is 1. The number of amides is 1. The summed E-state index contributed by atoms with van der Waals surface area (Å²) in [5.74, 6) is -0.977. The highest BCUT2D eigenvalue weighted by molar-refractivity contribution is 5.87. The zero-order chi connectivity index (χ0) is 15.9. The standard InChI is InChI=1S/C17H17NO4/c1-12(14-7-9-15(10-8-14)16(19)20)18-17(21)22-11-13-5-3-2-4-6-13/h2-10,12H,11H2,1H3,(H,18,21)(H,19,20). The number of rotatable bonds is 5. The van der Waals surface area contributed by atoms with Crippen LogP contribution < -0.4 is 5.32 Å². The van der Waals surface area contributed by atoms with E-state index in [0.29, 0.717) is 0 Å². The van der Waals surface area contributed by atoms with Gasteiger partial charge in [0.2, 0.25) is 0 Å². The van der Waals surface area contributed by atoms with E-state index in [4.69, 9.17) is 9.84 Å². The van der Waals surface area contributed by atoms with Gasteiger partial charge in [0.1, 0.15) is 6.61 Å². The Bertz CT molecular complexity index is 637. The number of hydrogen-bond acceptors (Lipinski definition) is 3. The summed E-state index contributed by atoms with van der Waals surface area (Å²) < 4.78 is 5.14. The Labute approximate surface area is 128 Å². The molecule has 1 atom stereocenters. The van der Waals surface area contributed by atoms with Crippen molar-refractivity contribution in [1.82, 2.24) is 5.32 Å². The summed E-state index contributed by atoms with van der Waals surface area (Å²) in [6, 6.07) is 15.5. The van der Waals surface area contributed by atoms with Gasteiger partial charge in [-0.05, 0) is 30.2 Å². The van der Waals surface area contributed by atoms with Gasteiger partial charge in [-0.25, -0.2) is 9.59 Å². The van der Waals surface area contributed by atoms with E-state index in [1.165, 1.54) is 12.1 Å². The second-order valence-corrected chi connectivity index (χ2v) is 4.85. The van der Waals surface area contributed by atoms with Gasteiger partial charge in [-0.2, -0.15) is 0 Å². The number of aromatic carboxylic acids is 1. The minimum atomic E-state index is -0.977. The highest BCUT2D eigenvalue weighted by Crippen LogP contribution is 2.14. The van der Waals surface area contributed by atoms with Crippen LogP contribution in [0.3, 0.4) is 0 Å². The second kappa shape index (κ2) is 7.26. The average Bonchev–Trinajstić information content (AvgIpc) is 2.54. The van der Waals surface area contributed by atoms with Crippen LogP contribution in [0.2, 0.25) is 0 Å². The zero-order valence-corrected chi connectivity index (χ0v) is 12.2. The number of benzene rings is 2. The molecule has 5 heteroatoms. The quantitative estimate of drug-likeness (QED) is 0.887. The van der Waals surface area contributed by atoms with Gasteiger partial charge in [0, 0.05) is 0 Å². The minimum absolute atomic E-state index is 0.206. The summed E-state index contributed by atoms with van der Waals surface area (Å²) in [6.45, 7) is 2.01. The molecule has 0 saturated heterocycles. The van der Waals surface area contributed by atoms with E-state index in [0.717, 1.165) is 11.1 Å². The third kappa shape index (κ3) is 4.34. The van der Waals surface area contributed by atoms with Crippen LogP contribution in [0, 0.1) is 0 Å². The van der Waals surface area contributed by atoms with Crippen molar-refractivity contribution in [2.75, 3.05) is 0 Å². The van der Waals surface area contributed by atoms with Crippen molar-refractivity contribution in [3.05, 3.63) is 71.3 Å². The van der Waals surface area contributed by atoms with Crippen molar-refractivity contribution in [3.63, 3.8) is 0 Å². The molecule has 0 saturated carbocycles. The van der Waals surface area contributed by atoms with Crippen molar-refractivity contribution in [3.8, 4) is 0 Å². The van der Waals surface area contributed by atoms with E-state index in [2.05, 4.69) is 5.32 Å². The Balaban J connectivity index is 1.86. The summed E-state index contributed by atoms with van der Waals surface area (Å²) in [5, 5.41) is 11.6. The fourth-order valence-corrected chi connectivity index (χ4v) is 1.94. The van der Waals surface area contributed by atoms with Crippen LogP contribution in [-0.4, -0.2) is 17.2 Å². The number of carbonyl (C=O) groups excluding carboxylic acids is 1. The van der Waals surface area contributed by atoms with Crippen LogP contribution in [-0.2, 0) is 11.3 Å². The van der Waals surface area contributed by atoms with E-state index in [1.807, 2.05) is 30.3 Å². The number of hydrogen-bond donors (Lipinski definition) is 2. The number of carbonyl (C=O) groups is 2. The molecule has 1 amide bonds. The van der Waals surface area contributed by atoms with Crippen LogP contribution in [0.5, 0.6) is 0 Å². The van der Waals surface area contributed by atoms with Crippen molar-refractivity contribution in [1.29, 1.82) is 0 Å². The summed E-state index contributed by atoms with van der Waals surface area (Å²) in [7, 11) is 0. The van der Waals surface area contributed by atoms with E-state index >= 15 is 0 Å². The van der Waals surface area contributed by atoms with E-state index in [9.17, 15) is 9.59 Å². The SMILES string of the molecule is CC(NC(=O)OCc1ccccc1)c1ccc(C(=O)O)cc1. The highest BCUT2D eigenvalue weighted by Gasteiger charge is 2.11. The zero-order valence-electron chi connectivity index (χ0n) is 12.2. The van der Waals surface area contributed by atoms with Gasteiger partial charge in [-0.1, -0.05) is 42.5 Å². The Kier molecular flexibility index (Phi) is 5.14. The molecule has 0 aliphatic rings. The summed E-state index contributed by atoms with van der Waals surface area (Å²) in [4.78, 5) is 22.5. The monoisotopic (exact) mass is 299 g/mol. The smallest absolute Gasteiger partial charge is 0.407 e. The third-order valence-electron chi connectivity index (χ3n) is 3.20. The highest BCUT2D eigenvalue weighted by atomic mass is 16.5. The fourth-order valence-electron chi connectivity index (χ4n) is 1.94. The summed E-state index contributed by atoms with van der Waals surface area (Å²) in [6.07, 6.45) is -0.515. The number of nitrogens with one attached hydrogen (secondary N) is 1. The summed E-state index contributed by atoms with van der Waals surface area (Å²) >= 11 is 0. The first-order chi connectivity index (χ1) is 10.6. The molecule has 0 spiro atoms. The Morgan fingerprint density at radius 1 is 1.09 bits per heavy atom. The molecular formula is C17H17NO4. The molecule has 2 aromatic rings. The maximum atomic E-state index is 11.7. The van der Waals surface area contributed by atoms with E-state index in [1.54, 1.807) is 19.1 Å². The van der Waals surface area contributed by atoms with Gasteiger partial charge in [-0.3, -0.25) is 0 Å². The van der Waals surface area contributed by atoms with Crippen LogP contribution in [0.25, 0.3) is 0 Å². The number of carboxylic acid groups (broad SMARTS) is 1. The lowest BCUT2D eigenvalue weighted by Gasteiger charge is -2.14. The Morgan fingerprint density at radius 3 is 2.32 bits per heavy atom. The maximum absolute atomic E-state index is 11.7. The van der Waals surface area contributed by atoms with Crippen molar-refractivity contribution >= 4 is 12.1 Å². The average molecular weight is 299 g/mol. The molecule has 1 unspecified atom stereocenters. The lowest BCUT2D eigenvalue weighted by Crippen LogP contribution is -2.27. The van der Waals surface area contributed by atoms with Gasteiger partial charge >= 0.3 is 12.1 Å². The van der Waals surface area contributed by atoms with Gasteiger partial charge in [0.25, 0.3) is 0 Å². The van der Waals surface area contributed by atoms with Crippen molar-refractivity contribution in [2.24, 2.45) is 0 Å². The van der Waals surface area contributed by atoms with Gasteiger partial charge in [0.05, 0.1) is 11.6 Å². The molecule has 0 aliphatic heterocycles. The second-order valence-electron chi connectivity index (χ2n) is 4.85. The van der Waals surface area contributed by atoms with Crippen LogP contribution in [0.1, 0.15) is 34.5 Å². The molecule has 0 aliphatic carbocycles. The first-order valence-electron chi connectivity index (χ1n) is 6.86. The largest absolute Gasteiger partial charge is 0.478 e. The molecule has 2 rings (SSSR count). The molecule has 2 aromatic carbocycles. The number of ether oxygens (including phenoxy) is 1. The normalized spacial score (nSPS) is 11.5. The van der Waals surface area contributed by atoms with Crippen LogP contribution in [0.15, 0.2) is 54.6 Å². The van der Waals surface area contributed by atoms with Crippen molar-refractivity contribution in [2.45, 2.75) is 19.6 Å². The molecule has 2 N–H and O–H groups in total. The van der Waals surface area contributed by atoms with Crippen molar-refractivity contribution < 1.29 is 19.4 Å². The number of alkyl carbamates (subject to hydrolysis) is 1. The maximum Gasteiger partial charge on any atom is 0.407 e. The van der Waals surface area contributed by atoms with Gasteiger partial charge < -0.3 is 15.2 Å². The molecule has 5 nitrogen and oxygen atoms in total. The van der Waals surface area contributed by atoms with E-state index < -0.39 is 12.1 Å². The minimum Gasteiger partial charge on any atom is -0.478 e. The van der Waals surface area contributed by atoms with E-state index in [-0.39, 0.29) is 18.2 Å². The lowest BCUT2D eigenvalue weighted by molar-refractivity contribution is 0.0696. The van der Waals surface area contributed by atoms with Crippen LogP contribution in [0.4, 0.5) is 4.79 Å². The summed E-state index contributed by atoms with van der Waals surface area (Å²) in [5.41, 5.74) is 1.93. The predicted octanol–water partition coefficient (Wildman–Crippen LogP) is 3.37. The fraction of sp³-hybridized carbons (Fsp3) is 0.176. The molecular weight excluding hydrogens is 282 g/mol. The Hall–Kier alpha value is -2.82. The van der Waals surface area contributed by atoms with Crippen LogP contribution >= 0.6 is 0 Å². The molecule has 0 radical (unpaired) electrons. The molecule has 0 fully saturated rings. The third-order valence-corrected chi connectivity index (χ3v) is 3.20. The molecule has 0 aromatic heterocycles.